The molecule has 0 saturated carbocycles. The minimum atomic E-state index is -0.881. The van der Waals surface area contributed by atoms with Gasteiger partial charge < -0.3 is 19.5 Å². The van der Waals surface area contributed by atoms with Gasteiger partial charge >= 0.3 is 0 Å². The molecule has 1 aliphatic heterocycles. The highest BCUT2D eigenvalue weighted by atomic mass is 19.1. The first-order chi connectivity index (χ1) is 16.4. The molecule has 1 saturated heterocycles. The highest BCUT2D eigenvalue weighted by Crippen LogP contribution is 2.41. The van der Waals surface area contributed by atoms with E-state index in [0.717, 1.165) is 11.6 Å². The second-order valence-corrected chi connectivity index (χ2v) is 7.63. The third kappa shape index (κ3) is 4.34. The third-order valence-corrected chi connectivity index (χ3v) is 5.57. The van der Waals surface area contributed by atoms with Gasteiger partial charge in [-0.1, -0.05) is 12.1 Å². The lowest BCUT2D eigenvalue weighted by atomic mass is 9.95. The molecule has 0 radical (unpaired) electrons. The monoisotopic (exact) mass is 462 g/mol. The molecule has 34 heavy (non-hydrogen) atoms. The van der Waals surface area contributed by atoms with Crippen LogP contribution in [-0.2, 0) is 16.1 Å². The Morgan fingerprint density at radius 3 is 2.41 bits per heavy atom. The van der Waals surface area contributed by atoms with Crippen LogP contribution in [0.4, 0.5) is 4.39 Å². The largest absolute Gasteiger partial charge is 0.507 e. The van der Waals surface area contributed by atoms with E-state index in [1.54, 1.807) is 48.8 Å². The topological polar surface area (TPSA) is 89.0 Å². The van der Waals surface area contributed by atoms with Crippen molar-refractivity contribution in [3.63, 3.8) is 0 Å². The number of halogens is 1. The van der Waals surface area contributed by atoms with Gasteiger partial charge in [0.2, 0.25) is 0 Å². The summed E-state index contributed by atoms with van der Waals surface area (Å²) in [5, 5.41) is 11.1. The summed E-state index contributed by atoms with van der Waals surface area (Å²) in [4.78, 5) is 31.6. The van der Waals surface area contributed by atoms with Gasteiger partial charge in [-0.3, -0.25) is 14.6 Å². The van der Waals surface area contributed by atoms with E-state index < -0.39 is 29.3 Å². The number of ether oxygens (including phenoxy) is 2. The van der Waals surface area contributed by atoms with Crippen molar-refractivity contribution < 1.29 is 28.6 Å². The number of hydrogen-bond donors (Lipinski definition) is 1. The molecule has 1 unspecified atom stereocenters. The maximum absolute atomic E-state index is 14.3. The third-order valence-electron chi connectivity index (χ3n) is 5.57. The van der Waals surface area contributed by atoms with Crippen LogP contribution < -0.4 is 9.47 Å². The summed E-state index contributed by atoms with van der Waals surface area (Å²) in [5.74, 6) is -2.13. The lowest BCUT2D eigenvalue weighted by molar-refractivity contribution is -0.140. The number of nitrogens with zero attached hydrogens (tertiary/aromatic N) is 2. The number of aromatic nitrogens is 1. The van der Waals surface area contributed by atoms with Crippen molar-refractivity contribution in [2.45, 2.75) is 19.5 Å². The van der Waals surface area contributed by atoms with Crippen molar-refractivity contribution in [1.82, 2.24) is 9.88 Å². The minimum absolute atomic E-state index is 0.00208. The van der Waals surface area contributed by atoms with Crippen LogP contribution in [0.1, 0.15) is 29.7 Å². The fraction of sp³-hybridized carbons (Fsp3) is 0.192. The first kappa shape index (κ1) is 23.0. The van der Waals surface area contributed by atoms with Gasteiger partial charge in [0.25, 0.3) is 11.7 Å². The Hall–Kier alpha value is -4.20. The number of methoxy groups -OCH3 is 1. The number of aliphatic hydroxyl groups excluding tert-OH is 1. The predicted octanol–water partition coefficient (Wildman–Crippen LogP) is 4.25. The molecule has 1 aliphatic rings. The van der Waals surface area contributed by atoms with Gasteiger partial charge in [0.05, 0.1) is 25.3 Å². The standard InChI is InChI=1S/C26H23FN2O5/c1-3-34-19-7-4-17(5-8-19)23-22(24(30)18-6-9-21(33-2)20(27)14-18)25(31)26(32)29(23)15-16-10-12-28-13-11-16/h4-14,23,30H,3,15H2,1-2H3. The number of carbonyl (C=O) groups is 2. The first-order valence-electron chi connectivity index (χ1n) is 10.7. The number of ketones is 1. The molecule has 1 aromatic heterocycles. The van der Waals surface area contributed by atoms with Gasteiger partial charge in [0.1, 0.15) is 11.5 Å². The Bertz CT molecular complexity index is 1240. The van der Waals surface area contributed by atoms with E-state index in [-0.39, 0.29) is 23.4 Å². The molecule has 4 rings (SSSR count). The van der Waals surface area contributed by atoms with Crippen molar-refractivity contribution in [2.24, 2.45) is 0 Å². The summed E-state index contributed by atoms with van der Waals surface area (Å²) in [5.41, 5.74) is 1.32. The summed E-state index contributed by atoms with van der Waals surface area (Å²) >= 11 is 0. The highest BCUT2D eigenvalue weighted by Gasteiger charge is 2.46. The zero-order valence-corrected chi connectivity index (χ0v) is 18.7. The van der Waals surface area contributed by atoms with E-state index in [0.29, 0.717) is 17.9 Å². The molecule has 0 spiro atoms. The second kappa shape index (κ2) is 9.74. The maximum Gasteiger partial charge on any atom is 0.295 e. The summed E-state index contributed by atoms with van der Waals surface area (Å²) in [6, 6.07) is 13.4. The Morgan fingerprint density at radius 2 is 1.79 bits per heavy atom. The molecule has 8 heteroatoms. The summed E-state index contributed by atoms with van der Waals surface area (Å²) < 4.78 is 24.8. The van der Waals surface area contributed by atoms with E-state index in [4.69, 9.17) is 9.47 Å². The van der Waals surface area contributed by atoms with Crippen molar-refractivity contribution >= 4 is 17.4 Å². The highest BCUT2D eigenvalue weighted by molar-refractivity contribution is 6.46. The number of carbonyl (C=O) groups excluding carboxylic acids is 2. The van der Waals surface area contributed by atoms with Gasteiger partial charge in [0.15, 0.2) is 11.6 Å². The second-order valence-electron chi connectivity index (χ2n) is 7.63. The summed E-state index contributed by atoms with van der Waals surface area (Å²) in [6.07, 6.45) is 3.19. The SMILES string of the molecule is CCOc1ccc(C2C(=C(O)c3ccc(OC)c(F)c3)C(=O)C(=O)N2Cc2ccncc2)cc1. The smallest absolute Gasteiger partial charge is 0.295 e. The number of pyridine rings is 1. The normalized spacial score (nSPS) is 17.1. The molecule has 3 aromatic rings. The van der Waals surface area contributed by atoms with Crippen LogP contribution in [-0.4, -0.2) is 40.4 Å². The molecular weight excluding hydrogens is 439 g/mol. The average Bonchev–Trinajstić information content (AvgIpc) is 3.10. The fourth-order valence-corrected chi connectivity index (χ4v) is 3.96. The van der Waals surface area contributed by atoms with Crippen LogP contribution in [0.3, 0.4) is 0 Å². The van der Waals surface area contributed by atoms with Crippen LogP contribution in [0, 0.1) is 5.82 Å². The fourth-order valence-electron chi connectivity index (χ4n) is 3.96. The van der Waals surface area contributed by atoms with E-state index in [1.165, 1.54) is 24.1 Å². The molecule has 2 aromatic carbocycles. The number of aliphatic hydroxyl groups is 1. The molecule has 174 valence electrons. The Morgan fingerprint density at radius 1 is 1.09 bits per heavy atom. The van der Waals surface area contributed by atoms with Crippen LogP contribution in [0.2, 0.25) is 0 Å². The number of amides is 1. The van der Waals surface area contributed by atoms with Crippen LogP contribution >= 0.6 is 0 Å². The molecule has 0 bridgehead atoms. The van der Waals surface area contributed by atoms with Gasteiger partial charge in [0, 0.05) is 24.5 Å². The van der Waals surface area contributed by atoms with Gasteiger partial charge in [-0.25, -0.2) is 4.39 Å². The van der Waals surface area contributed by atoms with Crippen LogP contribution in [0.5, 0.6) is 11.5 Å². The van der Waals surface area contributed by atoms with Crippen molar-refractivity contribution in [1.29, 1.82) is 0 Å². The van der Waals surface area contributed by atoms with Crippen molar-refractivity contribution in [3.05, 3.63) is 95.1 Å². The van der Waals surface area contributed by atoms with Crippen LogP contribution in [0.25, 0.3) is 5.76 Å². The molecule has 1 amide bonds. The van der Waals surface area contributed by atoms with Crippen molar-refractivity contribution in [3.8, 4) is 11.5 Å². The van der Waals surface area contributed by atoms with E-state index >= 15 is 0 Å². The maximum atomic E-state index is 14.3. The zero-order valence-electron chi connectivity index (χ0n) is 18.7. The zero-order chi connectivity index (χ0) is 24.2. The lowest BCUT2D eigenvalue weighted by Gasteiger charge is -2.25. The minimum Gasteiger partial charge on any atom is -0.507 e. The molecular formula is C26H23FN2O5. The number of hydrogen-bond acceptors (Lipinski definition) is 6. The predicted molar refractivity (Wildman–Crippen MR) is 123 cm³/mol. The number of likely N-dealkylation sites (tertiary alicyclic amines) is 1. The first-order valence-corrected chi connectivity index (χ1v) is 10.7. The molecule has 1 N–H and O–H groups in total. The summed E-state index contributed by atoms with van der Waals surface area (Å²) in [6.45, 7) is 2.48. The molecule has 1 atom stereocenters. The Labute approximate surface area is 196 Å². The lowest BCUT2D eigenvalue weighted by Crippen LogP contribution is -2.29. The van der Waals surface area contributed by atoms with E-state index in [9.17, 15) is 19.1 Å². The number of benzene rings is 2. The Balaban J connectivity index is 1.84. The number of rotatable bonds is 7. The van der Waals surface area contributed by atoms with E-state index in [1.807, 2.05) is 6.92 Å². The van der Waals surface area contributed by atoms with Gasteiger partial charge in [-0.05, 0) is 60.5 Å². The van der Waals surface area contributed by atoms with Crippen LogP contribution in [0.15, 0.2) is 72.6 Å². The van der Waals surface area contributed by atoms with E-state index in [2.05, 4.69) is 4.98 Å². The summed E-state index contributed by atoms with van der Waals surface area (Å²) in [7, 11) is 1.33. The van der Waals surface area contributed by atoms with Gasteiger partial charge in [-0.15, -0.1) is 0 Å². The average molecular weight is 462 g/mol. The molecule has 2 heterocycles. The Kier molecular flexibility index (Phi) is 6.58. The van der Waals surface area contributed by atoms with Crippen molar-refractivity contribution in [2.75, 3.05) is 13.7 Å². The number of Topliss-reactive ketones (excluding diaryl/α,β-unsaturated/α-hetero) is 1. The van der Waals surface area contributed by atoms with Gasteiger partial charge in [-0.2, -0.15) is 0 Å². The molecule has 1 fully saturated rings. The molecule has 7 nitrogen and oxygen atoms in total. The molecule has 0 aliphatic carbocycles. The quantitative estimate of drug-likeness (QED) is 0.321.